The smallest absolute Gasteiger partial charge is 0.242 e. The summed E-state index contributed by atoms with van der Waals surface area (Å²) in [6.07, 6.45) is 2.32. The minimum Gasteiger partial charge on any atom is -0.354 e. The molecule has 0 bridgehead atoms. The molecule has 0 saturated heterocycles. The number of rotatable bonds is 7. The number of carbonyl (C=O) groups is 2. The van der Waals surface area contributed by atoms with Crippen molar-refractivity contribution in [2.24, 2.45) is 5.92 Å². The van der Waals surface area contributed by atoms with Gasteiger partial charge < -0.3 is 10.6 Å². The minimum absolute atomic E-state index is 0.0342. The van der Waals surface area contributed by atoms with Crippen molar-refractivity contribution in [3.05, 3.63) is 0 Å². The summed E-state index contributed by atoms with van der Waals surface area (Å²) in [5, 5.41) is 5.57. The van der Waals surface area contributed by atoms with Crippen LogP contribution in [-0.4, -0.2) is 24.4 Å². The lowest BCUT2D eigenvalue weighted by molar-refractivity contribution is -0.131. The third kappa shape index (κ3) is 5.14. The second-order valence-corrected chi connectivity index (χ2v) is 4.07. The Labute approximate surface area is 98.2 Å². The molecule has 0 aromatic rings. The Hall–Kier alpha value is -1.06. The van der Waals surface area contributed by atoms with E-state index < -0.39 is 6.04 Å². The summed E-state index contributed by atoms with van der Waals surface area (Å²) in [6.45, 7) is 8.38. The molecular weight excluding hydrogens is 204 g/mol. The van der Waals surface area contributed by atoms with Gasteiger partial charge in [-0.25, -0.2) is 0 Å². The third-order valence-corrected chi connectivity index (χ3v) is 2.65. The molecule has 16 heavy (non-hydrogen) atoms. The van der Waals surface area contributed by atoms with Crippen LogP contribution in [0.2, 0.25) is 0 Å². The zero-order chi connectivity index (χ0) is 12.6. The van der Waals surface area contributed by atoms with Crippen LogP contribution >= 0.6 is 0 Å². The van der Waals surface area contributed by atoms with Crippen LogP contribution in [-0.2, 0) is 9.59 Å². The van der Waals surface area contributed by atoms with Gasteiger partial charge in [-0.2, -0.15) is 0 Å². The predicted molar refractivity (Wildman–Crippen MR) is 65.0 cm³/mol. The summed E-state index contributed by atoms with van der Waals surface area (Å²) in [7, 11) is 0. The van der Waals surface area contributed by atoms with Crippen LogP contribution < -0.4 is 10.6 Å². The van der Waals surface area contributed by atoms with E-state index in [4.69, 9.17) is 0 Å². The van der Waals surface area contributed by atoms with Crippen LogP contribution in [0.3, 0.4) is 0 Å². The predicted octanol–water partition coefficient (Wildman–Crippen LogP) is 1.45. The molecule has 2 unspecified atom stereocenters. The number of hydrogen-bond acceptors (Lipinski definition) is 2. The van der Waals surface area contributed by atoms with E-state index in [0.29, 0.717) is 13.0 Å². The van der Waals surface area contributed by atoms with Gasteiger partial charge in [-0.1, -0.05) is 27.7 Å². The Morgan fingerprint density at radius 2 is 1.69 bits per heavy atom. The molecular formula is C12H24N2O2. The van der Waals surface area contributed by atoms with Crippen molar-refractivity contribution in [3.63, 3.8) is 0 Å². The van der Waals surface area contributed by atoms with Gasteiger partial charge in [0.1, 0.15) is 6.04 Å². The maximum absolute atomic E-state index is 11.7. The number of amides is 2. The van der Waals surface area contributed by atoms with Gasteiger partial charge in [0.25, 0.3) is 0 Å². The van der Waals surface area contributed by atoms with Crippen molar-refractivity contribution >= 4 is 11.8 Å². The topological polar surface area (TPSA) is 58.2 Å². The Bertz CT molecular complexity index is 229. The fraction of sp³-hybridized carbons (Fsp3) is 0.833. The van der Waals surface area contributed by atoms with E-state index in [9.17, 15) is 9.59 Å². The maximum atomic E-state index is 11.7. The first-order chi connectivity index (χ1) is 7.56. The van der Waals surface area contributed by atoms with Crippen LogP contribution in [0.1, 0.15) is 47.0 Å². The van der Waals surface area contributed by atoms with Crippen molar-refractivity contribution < 1.29 is 9.59 Å². The fourth-order valence-corrected chi connectivity index (χ4v) is 1.22. The van der Waals surface area contributed by atoms with Gasteiger partial charge in [0.2, 0.25) is 11.8 Å². The molecule has 0 aliphatic rings. The Kier molecular flexibility index (Phi) is 7.60. The minimum atomic E-state index is -0.395. The first kappa shape index (κ1) is 14.9. The molecule has 0 rings (SSSR count). The summed E-state index contributed by atoms with van der Waals surface area (Å²) >= 11 is 0. The number of hydrogen-bond donors (Lipinski definition) is 2. The van der Waals surface area contributed by atoms with Crippen molar-refractivity contribution in [2.45, 2.75) is 53.0 Å². The highest BCUT2D eigenvalue weighted by molar-refractivity contribution is 5.88. The average molecular weight is 228 g/mol. The molecule has 4 heteroatoms. The van der Waals surface area contributed by atoms with Crippen LogP contribution in [0.5, 0.6) is 0 Å². The van der Waals surface area contributed by atoms with Gasteiger partial charge in [-0.15, -0.1) is 0 Å². The molecule has 0 aromatic heterocycles. The Balaban J connectivity index is 4.18. The zero-order valence-corrected chi connectivity index (χ0v) is 10.8. The highest BCUT2D eigenvalue weighted by Gasteiger charge is 2.20. The molecule has 94 valence electrons. The van der Waals surface area contributed by atoms with Gasteiger partial charge in [0.15, 0.2) is 0 Å². The van der Waals surface area contributed by atoms with E-state index in [0.717, 1.165) is 12.8 Å². The molecule has 2 amide bonds. The molecule has 2 N–H and O–H groups in total. The van der Waals surface area contributed by atoms with E-state index >= 15 is 0 Å². The lowest BCUT2D eigenvalue weighted by atomic mass is 10.1. The largest absolute Gasteiger partial charge is 0.354 e. The molecule has 2 atom stereocenters. The van der Waals surface area contributed by atoms with Crippen molar-refractivity contribution in [2.75, 3.05) is 6.54 Å². The highest BCUT2D eigenvalue weighted by atomic mass is 16.2. The van der Waals surface area contributed by atoms with Gasteiger partial charge >= 0.3 is 0 Å². The first-order valence-corrected chi connectivity index (χ1v) is 6.14. The molecule has 0 aliphatic heterocycles. The van der Waals surface area contributed by atoms with E-state index in [2.05, 4.69) is 10.6 Å². The van der Waals surface area contributed by atoms with Crippen LogP contribution in [0.4, 0.5) is 0 Å². The number of nitrogens with one attached hydrogen (secondary N) is 2. The standard InChI is InChI=1S/C12H24N2O2/c1-5-8-13-12(16)10(7-3)14-11(15)9(4)6-2/h9-10H,5-8H2,1-4H3,(H,13,16)(H,14,15). The molecule has 0 aliphatic carbocycles. The fourth-order valence-electron chi connectivity index (χ4n) is 1.22. The Morgan fingerprint density at radius 3 is 2.12 bits per heavy atom. The van der Waals surface area contributed by atoms with Gasteiger partial charge in [-0.05, 0) is 19.3 Å². The second-order valence-electron chi connectivity index (χ2n) is 4.07. The monoisotopic (exact) mass is 228 g/mol. The summed E-state index contributed by atoms with van der Waals surface area (Å²) in [5.74, 6) is -0.157. The average Bonchev–Trinajstić information content (AvgIpc) is 2.31. The van der Waals surface area contributed by atoms with E-state index in [1.165, 1.54) is 0 Å². The summed E-state index contributed by atoms with van der Waals surface area (Å²) in [5.41, 5.74) is 0. The van der Waals surface area contributed by atoms with Crippen LogP contribution in [0, 0.1) is 5.92 Å². The zero-order valence-electron chi connectivity index (χ0n) is 10.8. The maximum Gasteiger partial charge on any atom is 0.242 e. The van der Waals surface area contributed by atoms with Crippen molar-refractivity contribution in [3.8, 4) is 0 Å². The van der Waals surface area contributed by atoms with Crippen molar-refractivity contribution in [1.29, 1.82) is 0 Å². The highest BCUT2D eigenvalue weighted by Crippen LogP contribution is 2.02. The lowest BCUT2D eigenvalue weighted by Crippen LogP contribution is -2.47. The molecule has 0 heterocycles. The van der Waals surface area contributed by atoms with Crippen LogP contribution in [0.25, 0.3) is 0 Å². The summed E-state index contributed by atoms with van der Waals surface area (Å²) in [6, 6.07) is -0.395. The molecule has 0 spiro atoms. The van der Waals surface area contributed by atoms with Gasteiger partial charge in [-0.3, -0.25) is 9.59 Å². The van der Waals surface area contributed by atoms with E-state index in [1.54, 1.807) is 0 Å². The molecule has 0 aromatic carbocycles. The second kappa shape index (κ2) is 8.13. The number of carbonyl (C=O) groups excluding carboxylic acids is 2. The van der Waals surface area contributed by atoms with E-state index in [-0.39, 0.29) is 17.7 Å². The summed E-state index contributed by atoms with van der Waals surface area (Å²) < 4.78 is 0. The quantitative estimate of drug-likeness (QED) is 0.693. The van der Waals surface area contributed by atoms with Crippen LogP contribution in [0.15, 0.2) is 0 Å². The molecule has 0 radical (unpaired) electrons. The molecule has 0 fully saturated rings. The Morgan fingerprint density at radius 1 is 1.06 bits per heavy atom. The van der Waals surface area contributed by atoms with E-state index in [1.807, 2.05) is 27.7 Å². The molecule has 0 saturated carbocycles. The molecule has 4 nitrogen and oxygen atoms in total. The van der Waals surface area contributed by atoms with Gasteiger partial charge in [0.05, 0.1) is 0 Å². The SMILES string of the molecule is CCCNC(=O)C(CC)NC(=O)C(C)CC. The first-order valence-electron chi connectivity index (χ1n) is 6.14. The normalized spacial score (nSPS) is 14.0. The van der Waals surface area contributed by atoms with Crippen molar-refractivity contribution in [1.82, 2.24) is 10.6 Å². The summed E-state index contributed by atoms with van der Waals surface area (Å²) in [4.78, 5) is 23.3. The third-order valence-electron chi connectivity index (χ3n) is 2.65. The van der Waals surface area contributed by atoms with Gasteiger partial charge in [0, 0.05) is 12.5 Å². The lowest BCUT2D eigenvalue weighted by Gasteiger charge is -2.18.